The fourth-order valence-electron chi connectivity index (χ4n) is 3.12. The number of thioether (sulfide) groups is 1. The molecule has 144 valence electrons. The number of hydrogen-bond acceptors (Lipinski definition) is 5. The summed E-state index contributed by atoms with van der Waals surface area (Å²) in [7, 11) is 6.66. The van der Waals surface area contributed by atoms with Crippen LogP contribution in [0.5, 0.6) is 11.5 Å². The summed E-state index contributed by atoms with van der Waals surface area (Å²) in [6.07, 6.45) is 0.617. The summed E-state index contributed by atoms with van der Waals surface area (Å²) in [6, 6.07) is 5.05. The first-order chi connectivity index (χ1) is 12.3. The van der Waals surface area contributed by atoms with Gasteiger partial charge in [-0.15, -0.1) is 11.8 Å². The van der Waals surface area contributed by atoms with E-state index in [1.165, 1.54) is 11.8 Å². The smallest absolute Gasteiger partial charge is 0.244 e. The van der Waals surface area contributed by atoms with Crippen molar-refractivity contribution in [1.82, 2.24) is 9.80 Å². The molecule has 1 fully saturated rings. The molecule has 1 heterocycles. The fraction of sp³-hybridized carbons (Fsp3) is 0.579. The van der Waals surface area contributed by atoms with Crippen molar-refractivity contribution in [3.8, 4) is 11.5 Å². The van der Waals surface area contributed by atoms with Crippen molar-refractivity contribution < 1.29 is 19.1 Å². The minimum atomic E-state index is -0.492. The number of methoxy groups -OCH3 is 2. The quantitative estimate of drug-likeness (QED) is 0.728. The third-order valence-corrected chi connectivity index (χ3v) is 5.57. The Labute approximate surface area is 159 Å². The zero-order chi connectivity index (χ0) is 19.4. The van der Waals surface area contributed by atoms with Gasteiger partial charge in [-0.3, -0.25) is 9.59 Å². The van der Waals surface area contributed by atoms with Crippen molar-refractivity contribution in [1.29, 1.82) is 0 Å². The molecule has 1 aliphatic heterocycles. The van der Waals surface area contributed by atoms with Crippen molar-refractivity contribution in [3.05, 3.63) is 23.8 Å². The Kier molecular flexibility index (Phi) is 6.81. The van der Waals surface area contributed by atoms with Crippen LogP contribution in [0, 0.1) is 5.92 Å². The average Bonchev–Trinajstić information content (AvgIpc) is 2.99. The minimum absolute atomic E-state index is 0.0225. The van der Waals surface area contributed by atoms with E-state index in [-0.39, 0.29) is 23.1 Å². The average molecular weight is 381 g/mol. The van der Waals surface area contributed by atoms with Crippen LogP contribution in [0.2, 0.25) is 0 Å². The Morgan fingerprint density at radius 2 is 2.00 bits per heavy atom. The van der Waals surface area contributed by atoms with Gasteiger partial charge in [0.2, 0.25) is 11.8 Å². The van der Waals surface area contributed by atoms with E-state index in [1.54, 1.807) is 38.1 Å². The number of carbonyl (C=O) groups excluding carboxylic acids is 2. The molecule has 26 heavy (non-hydrogen) atoms. The standard InChI is InChI=1S/C19H28N2O4S/c1-12(2)9-15(18(23)20(3)4)21-17(22)11-26-19(21)14-10-13(24-5)7-8-16(14)25-6/h7-8,10,12,15,19H,9,11H2,1-6H3/t15-,19-/m0/s1. The summed E-state index contributed by atoms with van der Waals surface area (Å²) in [4.78, 5) is 28.8. The van der Waals surface area contributed by atoms with Gasteiger partial charge in [0.1, 0.15) is 22.9 Å². The van der Waals surface area contributed by atoms with E-state index in [4.69, 9.17) is 9.47 Å². The van der Waals surface area contributed by atoms with Crippen molar-refractivity contribution in [2.45, 2.75) is 31.7 Å². The Balaban J connectivity index is 2.48. The van der Waals surface area contributed by atoms with Gasteiger partial charge in [-0.1, -0.05) is 13.8 Å². The van der Waals surface area contributed by atoms with E-state index in [1.807, 2.05) is 18.2 Å². The summed E-state index contributed by atoms with van der Waals surface area (Å²) in [5.41, 5.74) is 0.850. The number of likely N-dealkylation sites (N-methyl/N-ethyl adjacent to an activating group) is 1. The maximum atomic E-state index is 12.8. The molecule has 0 unspecified atom stereocenters. The second kappa shape index (κ2) is 8.66. The maximum absolute atomic E-state index is 12.8. The summed E-state index contributed by atoms with van der Waals surface area (Å²) in [6.45, 7) is 4.12. The summed E-state index contributed by atoms with van der Waals surface area (Å²) < 4.78 is 10.9. The molecule has 2 amide bonds. The molecule has 0 aliphatic carbocycles. The molecule has 0 spiro atoms. The van der Waals surface area contributed by atoms with E-state index in [0.29, 0.717) is 23.7 Å². The van der Waals surface area contributed by atoms with Gasteiger partial charge < -0.3 is 19.3 Å². The van der Waals surface area contributed by atoms with Crippen LogP contribution in [0.4, 0.5) is 0 Å². The summed E-state index contributed by atoms with van der Waals surface area (Å²) in [5, 5.41) is -0.278. The van der Waals surface area contributed by atoms with Crippen molar-refractivity contribution in [2.24, 2.45) is 5.92 Å². The molecule has 0 N–H and O–H groups in total. The van der Waals surface area contributed by atoms with Gasteiger partial charge in [-0.05, 0) is 30.5 Å². The molecule has 0 radical (unpaired) electrons. The topological polar surface area (TPSA) is 59.1 Å². The first-order valence-electron chi connectivity index (χ1n) is 8.66. The highest BCUT2D eigenvalue weighted by Gasteiger charge is 2.42. The number of benzene rings is 1. The first kappa shape index (κ1) is 20.4. The molecule has 2 rings (SSSR count). The van der Waals surface area contributed by atoms with E-state index >= 15 is 0 Å². The molecular formula is C19H28N2O4S. The molecule has 0 aromatic heterocycles. The molecular weight excluding hydrogens is 352 g/mol. The van der Waals surface area contributed by atoms with E-state index in [9.17, 15) is 9.59 Å². The van der Waals surface area contributed by atoms with Crippen LogP contribution >= 0.6 is 11.8 Å². The third kappa shape index (κ3) is 4.26. The van der Waals surface area contributed by atoms with Crippen molar-refractivity contribution in [2.75, 3.05) is 34.1 Å². The van der Waals surface area contributed by atoms with Crippen LogP contribution in [-0.4, -0.2) is 61.7 Å². The minimum Gasteiger partial charge on any atom is -0.497 e. The Morgan fingerprint density at radius 1 is 1.31 bits per heavy atom. The molecule has 1 aliphatic rings. The Morgan fingerprint density at radius 3 is 2.54 bits per heavy atom. The highest BCUT2D eigenvalue weighted by molar-refractivity contribution is 8.00. The van der Waals surface area contributed by atoms with Gasteiger partial charge in [0, 0.05) is 19.7 Å². The molecule has 1 aromatic rings. The highest BCUT2D eigenvalue weighted by Crippen LogP contribution is 2.45. The monoisotopic (exact) mass is 380 g/mol. The van der Waals surface area contributed by atoms with E-state index < -0.39 is 6.04 Å². The third-order valence-electron chi connectivity index (χ3n) is 4.36. The first-order valence-corrected chi connectivity index (χ1v) is 9.70. The van der Waals surface area contributed by atoms with Crippen LogP contribution in [0.1, 0.15) is 31.2 Å². The van der Waals surface area contributed by atoms with Crippen LogP contribution < -0.4 is 9.47 Å². The lowest BCUT2D eigenvalue weighted by molar-refractivity contribution is -0.143. The number of hydrogen-bond donors (Lipinski definition) is 0. The van der Waals surface area contributed by atoms with Gasteiger partial charge >= 0.3 is 0 Å². The summed E-state index contributed by atoms with van der Waals surface area (Å²) >= 11 is 1.52. The lowest BCUT2D eigenvalue weighted by atomic mass is 10.00. The number of rotatable bonds is 7. The largest absolute Gasteiger partial charge is 0.497 e. The van der Waals surface area contributed by atoms with Gasteiger partial charge in [0.05, 0.1) is 20.0 Å². The number of nitrogens with zero attached hydrogens (tertiary/aromatic N) is 2. The van der Waals surface area contributed by atoms with Gasteiger partial charge in [0.15, 0.2) is 0 Å². The SMILES string of the molecule is COc1ccc(OC)c([C@@H]2SCC(=O)N2[C@@H](CC(C)C)C(=O)N(C)C)c1. The van der Waals surface area contributed by atoms with E-state index in [0.717, 1.165) is 5.56 Å². The normalized spacial score (nSPS) is 18.2. The van der Waals surface area contributed by atoms with Crippen LogP contribution in [0.3, 0.4) is 0 Å². The number of carbonyl (C=O) groups is 2. The highest BCUT2D eigenvalue weighted by atomic mass is 32.2. The molecule has 2 atom stereocenters. The van der Waals surface area contributed by atoms with Gasteiger partial charge in [0.25, 0.3) is 0 Å². The predicted octanol–water partition coefficient (Wildman–Crippen LogP) is 2.78. The van der Waals surface area contributed by atoms with Gasteiger partial charge in [-0.2, -0.15) is 0 Å². The molecule has 1 aromatic carbocycles. The molecule has 0 saturated carbocycles. The van der Waals surface area contributed by atoms with Crippen LogP contribution in [0.15, 0.2) is 18.2 Å². The maximum Gasteiger partial charge on any atom is 0.244 e. The number of ether oxygens (including phenoxy) is 2. The second-order valence-corrected chi connectivity index (χ2v) is 8.02. The lowest BCUT2D eigenvalue weighted by Crippen LogP contribution is -2.48. The summed E-state index contributed by atoms with van der Waals surface area (Å²) in [5.74, 6) is 1.94. The Hall–Kier alpha value is -1.89. The predicted molar refractivity (Wildman–Crippen MR) is 104 cm³/mol. The molecule has 6 nitrogen and oxygen atoms in total. The van der Waals surface area contributed by atoms with Crippen molar-refractivity contribution in [3.63, 3.8) is 0 Å². The van der Waals surface area contributed by atoms with Crippen LogP contribution in [0.25, 0.3) is 0 Å². The zero-order valence-corrected chi connectivity index (χ0v) is 17.1. The van der Waals surface area contributed by atoms with E-state index in [2.05, 4.69) is 13.8 Å². The molecule has 7 heteroatoms. The Bertz CT molecular complexity index is 663. The van der Waals surface area contributed by atoms with Gasteiger partial charge in [-0.25, -0.2) is 0 Å². The number of amides is 2. The van der Waals surface area contributed by atoms with Crippen LogP contribution in [-0.2, 0) is 9.59 Å². The zero-order valence-electron chi connectivity index (χ0n) is 16.3. The molecule has 1 saturated heterocycles. The van der Waals surface area contributed by atoms with Crippen molar-refractivity contribution >= 4 is 23.6 Å². The lowest BCUT2D eigenvalue weighted by Gasteiger charge is -2.34. The second-order valence-electron chi connectivity index (χ2n) is 6.95. The molecule has 0 bridgehead atoms. The fourth-order valence-corrected chi connectivity index (χ4v) is 4.36.